The smallest absolute Gasteiger partial charge is 0.0561 e. The Morgan fingerprint density at radius 3 is 1.50 bits per heavy atom. The normalized spacial score (nSPS) is 13.8. The summed E-state index contributed by atoms with van der Waals surface area (Å²) in [7, 11) is -1.62. The molecule has 0 saturated heterocycles. The van der Waals surface area contributed by atoms with Gasteiger partial charge in [-0.15, -0.1) is 0 Å². The minimum atomic E-state index is -0.834. The molecule has 0 unspecified atom stereocenters. The van der Waals surface area contributed by atoms with Gasteiger partial charge in [0.05, 0.1) is 8.07 Å². The van der Waals surface area contributed by atoms with Crippen molar-refractivity contribution in [3.8, 4) is 0 Å². The number of hydrogen-bond acceptors (Lipinski definition) is 0. The second-order valence-electron chi connectivity index (χ2n) is 5.04. The van der Waals surface area contributed by atoms with E-state index in [1.165, 1.54) is 4.95 Å². The first kappa shape index (κ1) is 10.9. The van der Waals surface area contributed by atoms with Crippen molar-refractivity contribution in [2.45, 2.75) is 38.4 Å². The van der Waals surface area contributed by atoms with Crippen LogP contribution in [0.15, 0.2) is 0 Å². The van der Waals surface area contributed by atoms with Gasteiger partial charge >= 0.3 is 0 Å². The molecule has 0 radical (unpaired) electrons. The molecule has 0 aromatic rings. The Labute approximate surface area is 75.6 Å². The summed E-state index contributed by atoms with van der Waals surface area (Å²) >= 11 is 3.61. The van der Waals surface area contributed by atoms with E-state index in [0.29, 0.717) is 0 Å². The fourth-order valence-corrected chi connectivity index (χ4v) is 15.1. The molecule has 0 heterocycles. The van der Waals surface area contributed by atoms with Crippen molar-refractivity contribution in [3.63, 3.8) is 0 Å². The van der Waals surface area contributed by atoms with Crippen LogP contribution in [0.5, 0.6) is 0 Å². The molecule has 0 bridgehead atoms. The van der Waals surface area contributed by atoms with E-state index >= 15 is 0 Å². The Hall–Kier alpha value is 0.914. The van der Waals surface area contributed by atoms with E-state index in [1.807, 2.05) is 0 Å². The van der Waals surface area contributed by atoms with E-state index in [2.05, 4.69) is 48.7 Å². The maximum atomic E-state index is 3.61. The van der Waals surface area contributed by atoms with Crippen molar-refractivity contribution in [3.05, 3.63) is 0 Å². The van der Waals surface area contributed by atoms with Crippen LogP contribution in [0.3, 0.4) is 0 Å². The molecule has 0 fully saturated rings. The van der Waals surface area contributed by atoms with Gasteiger partial charge in [-0.25, -0.2) is 0 Å². The Morgan fingerprint density at radius 1 is 1.00 bits per heavy atom. The monoisotopic (exact) mass is 238 g/mol. The van der Waals surface area contributed by atoms with Crippen LogP contribution in [0.1, 0.15) is 0 Å². The molecule has 0 spiro atoms. The molecule has 0 aliphatic rings. The lowest BCUT2D eigenvalue weighted by Crippen LogP contribution is -2.38. The van der Waals surface area contributed by atoms with Crippen LogP contribution < -0.4 is 0 Å². The molecular formula is C7H19BrSi2. The largest absolute Gasteiger partial charge is 0.0962 e. The average molecular weight is 239 g/mol. The summed E-state index contributed by atoms with van der Waals surface area (Å²) in [6.07, 6.45) is 0. The van der Waals surface area contributed by atoms with Gasteiger partial charge < -0.3 is 0 Å². The van der Waals surface area contributed by atoms with Crippen LogP contribution in [-0.2, 0) is 0 Å². The van der Waals surface area contributed by atoms with E-state index in [9.17, 15) is 0 Å². The first-order valence-electron chi connectivity index (χ1n) is 3.83. The maximum absolute atomic E-state index is 3.61. The molecule has 0 amide bonds. The first-order valence-corrected chi connectivity index (χ1v) is 12.1. The number of alkyl halides is 1. The van der Waals surface area contributed by atoms with E-state index in [-0.39, 0.29) is 0 Å². The van der Waals surface area contributed by atoms with Crippen LogP contribution in [0, 0.1) is 0 Å². The predicted octanol–water partition coefficient (Wildman–Crippen LogP) is 3.51. The Bertz CT molecular complexity index is 105. The predicted molar refractivity (Wildman–Crippen MR) is 59.4 cm³/mol. The van der Waals surface area contributed by atoms with Crippen LogP contribution >= 0.6 is 15.9 Å². The van der Waals surface area contributed by atoms with Gasteiger partial charge in [0.1, 0.15) is 0 Å². The molecule has 0 aromatic carbocycles. The molecule has 0 rings (SSSR count). The zero-order valence-corrected chi connectivity index (χ0v) is 11.4. The quantitative estimate of drug-likeness (QED) is 0.522. The van der Waals surface area contributed by atoms with Gasteiger partial charge in [0, 0.05) is 8.07 Å². The minimum absolute atomic E-state index is 0.782. The number of halogens is 1. The molecular weight excluding hydrogens is 220 g/mol. The van der Waals surface area contributed by atoms with Crippen molar-refractivity contribution in [2.75, 3.05) is 4.95 Å². The van der Waals surface area contributed by atoms with Crippen molar-refractivity contribution in [1.29, 1.82) is 0 Å². The average Bonchev–Trinajstić information content (AvgIpc) is 1.60. The lowest BCUT2D eigenvalue weighted by molar-refractivity contribution is 1.51. The van der Waals surface area contributed by atoms with Gasteiger partial charge in [0.15, 0.2) is 0 Å². The van der Waals surface area contributed by atoms with Crippen LogP contribution in [0.25, 0.3) is 0 Å². The fraction of sp³-hybridized carbons (Fsp3) is 1.00. The second kappa shape index (κ2) is 3.54. The molecule has 0 aliphatic carbocycles. The van der Waals surface area contributed by atoms with Crippen LogP contribution in [0.2, 0.25) is 38.4 Å². The van der Waals surface area contributed by atoms with Crippen molar-refractivity contribution in [1.82, 2.24) is 0 Å². The fourth-order valence-electron chi connectivity index (χ4n) is 1.48. The molecule has 0 saturated carbocycles. The van der Waals surface area contributed by atoms with Crippen molar-refractivity contribution < 1.29 is 0 Å². The summed E-state index contributed by atoms with van der Waals surface area (Å²) in [5.41, 5.74) is 1.55. The third-order valence-electron chi connectivity index (χ3n) is 1.37. The molecule has 3 heteroatoms. The zero-order chi connectivity index (χ0) is 8.41. The Morgan fingerprint density at radius 2 is 1.40 bits per heavy atom. The highest BCUT2D eigenvalue weighted by atomic mass is 79.9. The maximum Gasteiger partial charge on any atom is 0.0561 e. The van der Waals surface area contributed by atoms with Gasteiger partial charge in [-0.05, 0) is 4.95 Å². The standard InChI is InChI=1S/C7H19BrSi2/c1-9(2,3)7-10(4,5)6-8/h6-7H2,1-5H3. The molecule has 0 nitrogen and oxygen atoms in total. The van der Waals surface area contributed by atoms with Crippen LogP contribution in [0.4, 0.5) is 0 Å². The highest BCUT2D eigenvalue weighted by Crippen LogP contribution is 2.20. The summed E-state index contributed by atoms with van der Waals surface area (Å²) in [6, 6.07) is 0. The zero-order valence-electron chi connectivity index (χ0n) is 7.79. The van der Waals surface area contributed by atoms with Gasteiger partial charge in [-0.3, -0.25) is 0 Å². The van der Waals surface area contributed by atoms with Gasteiger partial charge in [0.25, 0.3) is 0 Å². The third-order valence-corrected chi connectivity index (χ3v) is 14.7. The number of hydrogen-bond donors (Lipinski definition) is 0. The SMILES string of the molecule is C[Si](C)(C)C[Si](C)(C)CBr. The summed E-state index contributed by atoms with van der Waals surface area (Å²) in [6.45, 7) is 12.3. The van der Waals surface area contributed by atoms with E-state index in [0.717, 1.165) is 0 Å². The molecule has 0 N–H and O–H groups in total. The highest BCUT2D eigenvalue weighted by molar-refractivity contribution is 9.09. The van der Waals surface area contributed by atoms with E-state index in [1.54, 1.807) is 5.67 Å². The molecule has 62 valence electrons. The number of rotatable bonds is 3. The summed E-state index contributed by atoms with van der Waals surface area (Å²) in [5.74, 6) is 0. The molecule has 10 heavy (non-hydrogen) atoms. The summed E-state index contributed by atoms with van der Waals surface area (Å²) in [5, 5.41) is 0. The molecule has 0 aromatic heterocycles. The van der Waals surface area contributed by atoms with Crippen molar-refractivity contribution in [2.24, 2.45) is 0 Å². The lowest BCUT2D eigenvalue weighted by Gasteiger charge is -2.27. The van der Waals surface area contributed by atoms with E-state index in [4.69, 9.17) is 0 Å². The Kier molecular flexibility index (Phi) is 3.87. The van der Waals surface area contributed by atoms with Gasteiger partial charge in [0.2, 0.25) is 0 Å². The Balaban J connectivity index is 3.89. The molecule has 0 aliphatic heterocycles. The third kappa shape index (κ3) is 5.68. The minimum Gasteiger partial charge on any atom is -0.0962 e. The summed E-state index contributed by atoms with van der Waals surface area (Å²) in [4.78, 5) is 1.27. The lowest BCUT2D eigenvalue weighted by atomic mass is 11.7. The van der Waals surface area contributed by atoms with Crippen LogP contribution in [-0.4, -0.2) is 21.1 Å². The second-order valence-corrected chi connectivity index (χ2v) is 17.8. The van der Waals surface area contributed by atoms with Crippen molar-refractivity contribution >= 4 is 32.1 Å². The van der Waals surface area contributed by atoms with Gasteiger partial charge in [-0.2, -0.15) is 0 Å². The van der Waals surface area contributed by atoms with E-state index < -0.39 is 16.1 Å². The summed E-state index contributed by atoms with van der Waals surface area (Å²) < 4.78 is 0. The first-order chi connectivity index (χ1) is 4.27. The topological polar surface area (TPSA) is 0 Å². The highest BCUT2D eigenvalue weighted by Gasteiger charge is 2.27. The molecule has 0 atom stereocenters. The van der Waals surface area contributed by atoms with Gasteiger partial charge in [-0.1, -0.05) is 54.3 Å².